The Labute approximate surface area is 248 Å². The molecule has 17 heteroatoms. The van der Waals surface area contributed by atoms with Crippen molar-refractivity contribution in [2.75, 3.05) is 36.5 Å². The lowest BCUT2D eigenvalue weighted by atomic mass is 10.0. The van der Waals surface area contributed by atoms with E-state index in [2.05, 4.69) is 20.8 Å². The van der Waals surface area contributed by atoms with Crippen LogP contribution >= 0.6 is 35.5 Å². The van der Waals surface area contributed by atoms with E-state index in [0.29, 0.717) is 24.4 Å². The first-order valence-electron chi connectivity index (χ1n) is 12.4. The largest absolute Gasteiger partial charge is 0.543 e. The number of carboxylic acids is 1. The molecule has 0 bridgehead atoms. The number of aliphatic carboxylic acids is 1. The Kier molecular flexibility index (Phi) is 9.37. The number of oxime groups is 1. The number of halogens is 1. The molecule has 2 aliphatic heterocycles. The van der Waals surface area contributed by atoms with Crippen molar-refractivity contribution in [3.8, 4) is 0 Å². The number of β-lactam (4-membered cyclic amide) rings is 1. The molecule has 2 amide bonds. The van der Waals surface area contributed by atoms with Crippen LogP contribution in [-0.2, 0) is 25.8 Å². The van der Waals surface area contributed by atoms with Gasteiger partial charge in [0.2, 0.25) is 11.5 Å². The second kappa shape index (κ2) is 12.8. The number of carbonyl (C=O) groups excluding carboxylic acids is 3. The van der Waals surface area contributed by atoms with Gasteiger partial charge >= 0.3 is 0 Å². The number of carboxylic acid groups (broad SMARTS) is 1. The van der Waals surface area contributed by atoms with Crippen LogP contribution in [0.1, 0.15) is 12.6 Å². The zero-order chi connectivity index (χ0) is 28.4. The molecule has 218 valence electrons. The van der Waals surface area contributed by atoms with Gasteiger partial charge in [0.25, 0.3) is 11.8 Å². The lowest BCUT2D eigenvalue weighted by Crippen LogP contribution is -2.71. The average Bonchev–Trinajstić information content (AvgIpc) is 3.56. The summed E-state index contributed by atoms with van der Waals surface area (Å²) in [5, 5.41) is 23.2. The Morgan fingerprint density at radius 2 is 2.17 bits per heavy atom. The molecule has 0 saturated carbocycles. The van der Waals surface area contributed by atoms with Crippen LogP contribution in [0, 0.1) is 0 Å². The van der Waals surface area contributed by atoms with Crippen LogP contribution in [0.5, 0.6) is 0 Å². The molecule has 1 saturated heterocycles. The van der Waals surface area contributed by atoms with Crippen molar-refractivity contribution in [3.05, 3.63) is 52.9 Å². The maximum Gasteiger partial charge on any atom is 0.276 e. The van der Waals surface area contributed by atoms with Crippen LogP contribution in [0.3, 0.4) is 0 Å². The summed E-state index contributed by atoms with van der Waals surface area (Å²) in [6.45, 7) is 3.23. The minimum absolute atomic E-state index is 0. The van der Waals surface area contributed by atoms with Crippen molar-refractivity contribution >= 4 is 75.6 Å². The second-order valence-corrected chi connectivity index (χ2v) is 10.8. The number of thioether (sulfide) groups is 1. The number of aromatic nitrogens is 3. The SMILES string of the molecule is CCO/N=C(\C(=O)N[C@@H]1C(=O)N2C(C(=O)[O-])=C(Cn3cc[n+]4c(NCCN)cccc34)CS[C@@H]12)c1csc(N)n1.Cl. The lowest BCUT2D eigenvalue weighted by molar-refractivity contribution is -0.494. The summed E-state index contributed by atoms with van der Waals surface area (Å²) in [4.78, 5) is 48.8. The number of imidazole rings is 1. The number of nitrogens with two attached hydrogens (primary N) is 2. The third-order valence-corrected chi connectivity index (χ3v) is 8.31. The van der Waals surface area contributed by atoms with E-state index in [4.69, 9.17) is 16.3 Å². The third kappa shape index (κ3) is 5.81. The van der Waals surface area contributed by atoms with Crippen LogP contribution in [-0.4, -0.2) is 74.8 Å². The predicted molar refractivity (Wildman–Crippen MR) is 154 cm³/mol. The number of rotatable bonds is 11. The lowest BCUT2D eigenvalue weighted by Gasteiger charge is -2.50. The summed E-state index contributed by atoms with van der Waals surface area (Å²) < 4.78 is 3.83. The molecule has 5 heterocycles. The standard InChI is InChI=1S/C24H27N9O5S2.ClH/c1-2-38-30-17(14-12-40-24(26)28-14)20(34)29-18-21(35)33-19(23(36)37)13(11-39-22(18)33)10-31-8-9-32-15(27-7-6-25)4-3-5-16(31)32;/h3-5,8-9,12,18,22H,2,6-7,10-11,25H2,1H3,(H4,26,28,29,34,36,37);1H/b30-17-;/t18-,22+;/m1./s1. The van der Waals surface area contributed by atoms with E-state index in [-0.39, 0.29) is 47.8 Å². The maximum atomic E-state index is 13.2. The minimum atomic E-state index is -1.45. The molecule has 6 N–H and O–H groups in total. The summed E-state index contributed by atoms with van der Waals surface area (Å²) in [7, 11) is 0. The number of thiazole rings is 1. The number of nitrogens with zero attached hydrogens (tertiary/aromatic N) is 5. The fraction of sp³-hybridized carbons (Fsp3) is 0.333. The Morgan fingerprint density at radius 3 is 2.85 bits per heavy atom. The first-order valence-corrected chi connectivity index (χ1v) is 14.3. The fourth-order valence-corrected chi connectivity index (χ4v) is 6.42. The van der Waals surface area contributed by atoms with Crippen LogP contribution in [0.4, 0.5) is 10.9 Å². The molecule has 0 radical (unpaired) electrons. The van der Waals surface area contributed by atoms with Gasteiger partial charge in [-0.2, -0.15) is 0 Å². The van der Waals surface area contributed by atoms with Crippen molar-refractivity contribution in [1.29, 1.82) is 0 Å². The minimum Gasteiger partial charge on any atom is -0.543 e. The summed E-state index contributed by atoms with van der Waals surface area (Å²) in [6.07, 6.45) is 3.70. The number of anilines is 2. The van der Waals surface area contributed by atoms with Gasteiger partial charge in [-0.3, -0.25) is 19.1 Å². The van der Waals surface area contributed by atoms with E-state index >= 15 is 0 Å². The topological polar surface area (TPSA) is 197 Å². The van der Waals surface area contributed by atoms with Gasteiger partial charge in [0.1, 0.15) is 29.9 Å². The van der Waals surface area contributed by atoms with Gasteiger partial charge in [0, 0.05) is 29.8 Å². The molecule has 41 heavy (non-hydrogen) atoms. The number of hydrogen-bond donors (Lipinski definition) is 4. The fourth-order valence-electron chi connectivity index (χ4n) is 4.54. The number of fused-ring (bicyclic) bond motifs is 2. The van der Waals surface area contributed by atoms with E-state index in [1.54, 1.807) is 12.3 Å². The number of amides is 2. The highest BCUT2D eigenvalue weighted by atomic mass is 35.5. The zero-order valence-electron chi connectivity index (χ0n) is 21.8. The van der Waals surface area contributed by atoms with Gasteiger partial charge in [-0.05, 0) is 18.6 Å². The van der Waals surface area contributed by atoms with Gasteiger partial charge in [-0.25, -0.2) is 9.38 Å². The average molecular weight is 622 g/mol. The van der Waals surface area contributed by atoms with Gasteiger partial charge in [-0.1, -0.05) is 5.16 Å². The van der Waals surface area contributed by atoms with E-state index in [0.717, 1.165) is 22.8 Å². The molecule has 2 aliphatic rings. The summed E-state index contributed by atoms with van der Waals surface area (Å²) in [6, 6.07) is 4.75. The molecule has 2 atom stereocenters. The Hall–Kier alpha value is -3.86. The quantitative estimate of drug-likeness (QED) is 0.0882. The molecule has 0 spiro atoms. The first kappa shape index (κ1) is 30.1. The number of nitrogens with one attached hydrogen (secondary N) is 2. The van der Waals surface area contributed by atoms with Crippen LogP contribution in [0.2, 0.25) is 0 Å². The molecule has 1 fully saturated rings. The molecule has 5 rings (SSSR count). The van der Waals surface area contributed by atoms with Crippen LogP contribution in [0.25, 0.3) is 5.65 Å². The number of nitrogen functional groups attached to an aromatic ring is 1. The van der Waals surface area contributed by atoms with Crippen molar-refractivity contribution in [2.45, 2.75) is 24.9 Å². The number of pyridine rings is 1. The monoisotopic (exact) mass is 621 g/mol. The molecule has 0 aliphatic carbocycles. The Balaban J connectivity index is 0.00000387. The van der Waals surface area contributed by atoms with Crippen molar-refractivity contribution < 1.29 is 28.7 Å². The van der Waals surface area contributed by atoms with Crippen molar-refractivity contribution in [1.82, 2.24) is 19.8 Å². The normalized spacial score (nSPS) is 18.4. The molecule has 0 unspecified atom stereocenters. The van der Waals surface area contributed by atoms with E-state index in [1.165, 1.54) is 16.7 Å². The zero-order valence-corrected chi connectivity index (χ0v) is 24.3. The smallest absolute Gasteiger partial charge is 0.276 e. The molecule has 14 nitrogen and oxygen atoms in total. The molecule has 3 aromatic heterocycles. The van der Waals surface area contributed by atoms with E-state index in [1.807, 2.05) is 39.6 Å². The van der Waals surface area contributed by atoms with E-state index in [9.17, 15) is 19.5 Å². The summed E-state index contributed by atoms with van der Waals surface area (Å²) in [5.74, 6) is -1.53. The van der Waals surface area contributed by atoms with E-state index < -0.39 is 29.2 Å². The summed E-state index contributed by atoms with van der Waals surface area (Å²) in [5.41, 5.74) is 12.6. The summed E-state index contributed by atoms with van der Waals surface area (Å²) >= 11 is 2.49. The first-order chi connectivity index (χ1) is 19.3. The third-order valence-electron chi connectivity index (χ3n) is 6.30. The van der Waals surface area contributed by atoms with Gasteiger partial charge in [0.05, 0.1) is 31.0 Å². The predicted octanol–water partition coefficient (Wildman–Crippen LogP) is -1.10. The van der Waals surface area contributed by atoms with Gasteiger partial charge < -0.3 is 36.8 Å². The number of hydrogen-bond acceptors (Lipinski definition) is 12. The highest BCUT2D eigenvalue weighted by molar-refractivity contribution is 8.00. The Morgan fingerprint density at radius 1 is 1.37 bits per heavy atom. The highest BCUT2D eigenvalue weighted by Crippen LogP contribution is 2.40. The van der Waals surface area contributed by atoms with Gasteiger partial charge in [-0.15, -0.1) is 35.5 Å². The van der Waals surface area contributed by atoms with Crippen molar-refractivity contribution in [3.63, 3.8) is 0 Å². The molecular weight excluding hydrogens is 594 g/mol. The second-order valence-electron chi connectivity index (χ2n) is 8.81. The maximum absolute atomic E-state index is 13.2. The Bertz CT molecular complexity index is 1540. The molecular formula is C24H28ClN9O5S2. The molecule has 0 aromatic carbocycles. The van der Waals surface area contributed by atoms with Gasteiger partial charge in [0.15, 0.2) is 10.8 Å². The number of carbonyl (C=O) groups is 3. The van der Waals surface area contributed by atoms with Crippen LogP contribution in [0.15, 0.2) is 52.4 Å². The molecule has 3 aromatic rings. The van der Waals surface area contributed by atoms with Crippen LogP contribution < -0.4 is 31.6 Å². The van der Waals surface area contributed by atoms with Crippen molar-refractivity contribution in [2.24, 2.45) is 10.9 Å². The highest BCUT2D eigenvalue weighted by Gasteiger charge is 2.53.